The van der Waals surface area contributed by atoms with Crippen LogP contribution in [0.4, 0.5) is 5.69 Å². The zero-order valence-electron chi connectivity index (χ0n) is 16.5. The number of rotatable bonds is 1. The first-order valence-electron chi connectivity index (χ1n) is 8.54. The second kappa shape index (κ2) is 4.09. The summed E-state index contributed by atoms with van der Waals surface area (Å²) in [6, 6.07) is 2.62. The van der Waals surface area contributed by atoms with Gasteiger partial charge in [-0.1, -0.05) is 0 Å². The molecule has 0 unspecified atom stereocenters. The first-order valence-corrected chi connectivity index (χ1v) is 4.33. The molecule has 0 aromatic carbocycles. The van der Waals surface area contributed by atoms with E-state index in [0.29, 0.717) is 4.60 Å². The number of pyridine rings is 1. The maximum atomic E-state index is 8.00. The highest BCUT2D eigenvalue weighted by Gasteiger charge is 2.10. The molecule has 2 rings (SSSR count). The average molecular weight is 251 g/mol. The van der Waals surface area contributed by atoms with Crippen LogP contribution >= 0.6 is 15.9 Å². The molecule has 3 heteroatoms. The summed E-state index contributed by atoms with van der Waals surface area (Å²) in [5.74, 6) is 0. The van der Waals surface area contributed by atoms with Gasteiger partial charge in [-0.2, -0.15) is 0 Å². The lowest BCUT2D eigenvalue weighted by atomic mass is 10.1. The number of hydrogen-bond donors (Lipinski definition) is 0. The van der Waals surface area contributed by atoms with Gasteiger partial charge in [0.2, 0.25) is 0 Å². The summed E-state index contributed by atoms with van der Waals surface area (Å²) in [6.45, 7) is -6.33. The highest BCUT2D eigenvalue weighted by molar-refractivity contribution is 9.10. The van der Waals surface area contributed by atoms with Gasteiger partial charge >= 0.3 is 0 Å². The number of anilines is 1. The van der Waals surface area contributed by atoms with E-state index in [1.165, 1.54) is 12.1 Å². The summed E-state index contributed by atoms with van der Waals surface area (Å²) < 4.78 is 79.1. The standard InChI is InChI=1S/C10H13BrN2/c11-10-5-4-9(8-12-10)13-6-2-1-3-7-13/h4-5,8H,1-3,6-7H2/i1D2,2D2,3D2,6D2,7D2. The molecule has 1 fully saturated rings. The molecule has 1 aliphatic rings. The van der Waals surface area contributed by atoms with Crippen molar-refractivity contribution >= 4 is 21.6 Å². The molecular formula is C10H13BrN2. The van der Waals surface area contributed by atoms with Crippen LogP contribution in [0.5, 0.6) is 0 Å². The Balaban J connectivity index is 2.77. The second-order valence-electron chi connectivity index (χ2n) is 2.27. The number of piperidine rings is 1. The van der Waals surface area contributed by atoms with Gasteiger partial charge in [-0.05, 0) is 47.2 Å². The monoisotopic (exact) mass is 250 g/mol. The first kappa shape index (κ1) is 2.96. The van der Waals surface area contributed by atoms with E-state index in [-0.39, 0.29) is 10.6 Å². The van der Waals surface area contributed by atoms with Crippen LogP contribution in [0, 0.1) is 0 Å². The number of halogens is 1. The predicted molar refractivity (Wildman–Crippen MR) is 58.0 cm³/mol. The molecule has 1 aromatic rings. The van der Waals surface area contributed by atoms with Crippen molar-refractivity contribution < 1.29 is 13.7 Å². The van der Waals surface area contributed by atoms with Crippen molar-refractivity contribution in [2.45, 2.75) is 19.1 Å². The third kappa shape index (κ3) is 2.21. The Hall–Kier alpha value is -0.570. The first-order chi connectivity index (χ1) is 10.1. The summed E-state index contributed by atoms with van der Waals surface area (Å²) in [6.07, 6.45) is -9.01. The number of aromatic nitrogens is 1. The van der Waals surface area contributed by atoms with Crippen molar-refractivity contribution in [3.8, 4) is 0 Å². The van der Waals surface area contributed by atoms with E-state index >= 15 is 0 Å². The fourth-order valence-electron chi connectivity index (χ4n) is 0.856. The van der Waals surface area contributed by atoms with E-state index in [2.05, 4.69) is 20.9 Å². The van der Waals surface area contributed by atoms with Crippen LogP contribution in [0.3, 0.4) is 0 Å². The number of hydrogen-bond acceptors (Lipinski definition) is 2. The van der Waals surface area contributed by atoms with Gasteiger partial charge in [0, 0.05) is 26.7 Å². The van der Waals surface area contributed by atoms with Gasteiger partial charge < -0.3 is 4.90 Å². The largest absolute Gasteiger partial charge is 0.370 e. The number of nitrogens with zero attached hydrogens (tertiary/aromatic N) is 2. The summed E-state index contributed by atoms with van der Waals surface area (Å²) in [5.41, 5.74) is -0.202. The molecule has 0 spiro atoms. The van der Waals surface area contributed by atoms with E-state index in [1.54, 1.807) is 0 Å². The Morgan fingerprint density at radius 2 is 2.08 bits per heavy atom. The lowest BCUT2D eigenvalue weighted by Crippen LogP contribution is -2.29. The van der Waals surface area contributed by atoms with Crippen molar-refractivity contribution in [2.24, 2.45) is 0 Å². The van der Waals surface area contributed by atoms with Crippen molar-refractivity contribution in [1.29, 1.82) is 0 Å². The Morgan fingerprint density at radius 3 is 2.69 bits per heavy atom. The van der Waals surface area contributed by atoms with Crippen LogP contribution in [0.25, 0.3) is 0 Å². The molecule has 1 aliphatic heterocycles. The van der Waals surface area contributed by atoms with Crippen LogP contribution in [0.1, 0.15) is 32.8 Å². The quantitative estimate of drug-likeness (QED) is 0.713. The van der Waals surface area contributed by atoms with E-state index in [1.807, 2.05) is 0 Å². The van der Waals surface area contributed by atoms with Gasteiger partial charge in [-0.3, -0.25) is 0 Å². The van der Waals surface area contributed by atoms with E-state index in [4.69, 9.17) is 13.7 Å². The van der Waals surface area contributed by atoms with Crippen LogP contribution in [0.15, 0.2) is 22.9 Å². The molecular weight excluding hydrogens is 228 g/mol. The molecule has 0 bridgehead atoms. The maximum absolute atomic E-state index is 8.00. The molecule has 1 aromatic heterocycles. The van der Waals surface area contributed by atoms with E-state index < -0.39 is 32.1 Å². The molecule has 0 amide bonds. The molecule has 13 heavy (non-hydrogen) atoms. The lowest BCUT2D eigenvalue weighted by Gasteiger charge is -2.28. The molecule has 2 heterocycles. The molecule has 0 aliphatic carbocycles. The Labute approximate surface area is 101 Å². The van der Waals surface area contributed by atoms with Crippen LogP contribution < -0.4 is 4.90 Å². The van der Waals surface area contributed by atoms with E-state index in [0.717, 1.165) is 6.20 Å². The predicted octanol–water partition coefficient (Wildman–Crippen LogP) is 2.83. The minimum Gasteiger partial charge on any atom is -0.370 e. The SMILES string of the molecule is [2H]C1([2H])N(c2ccc(Br)nc2)C([2H])([2H])C([2H])([2H])C([2H])([2H])C1([2H])[2H]. The molecule has 2 nitrogen and oxygen atoms in total. The minimum absolute atomic E-state index is 0.202. The van der Waals surface area contributed by atoms with Gasteiger partial charge in [0.1, 0.15) is 4.60 Å². The highest BCUT2D eigenvalue weighted by Crippen LogP contribution is 2.19. The third-order valence-corrected chi connectivity index (χ3v) is 1.90. The van der Waals surface area contributed by atoms with Gasteiger partial charge in [0.25, 0.3) is 0 Å². The topological polar surface area (TPSA) is 16.1 Å². The van der Waals surface area contributed by atoms with Crippen molar-refractivity contribution in [3.05, 3.63) is 22.9 Å². The van der Waals surface area contributed by atoms with E-state index in [9.17, 15) is 0 Å². The normalized spacial score (nSPS) is 48.2. The Morgan fingerprint density at radius 1 is 1.31 bits per heavy atom. The summed E-state index contributed by atoms with van der Waals surface area (Å²) >= 11 is 3.06. The van der Waals surface area contributed by atoms with Crippen LogP contribution in [-0.4, -0.2) is 18.0 Å². The molecule has 70 valence electrons. The zero-order valence-corrected chi connectivity index (χ0v) is 8.09. The lowest BCUT2D eigenvalue weighted by molar-refractivity contribution is 0.577. The van der Waals surface area contributed by atoms with Crippen LogP contribution in [-0.2, 0) is 0 Å². The van der Waals surface area contributed by atoms with Crippen molar-refractivity contribution in [2.75, 3.05) is 17.9 Å². The van der Waals surface area contributed by atoms with Crippen molar-refractivity contribution in [3.63, 3.8) is 0 Å². The zero-order chi connectivity index (χ0) is 18.1. The maximum Gasteiger partial charge on any atom is 0.106 e. The van der Waals surface area contributed by atoms with Crippen LogP contribution in [0.2, 0.25) is 0 Å². The minimum atomic E-state index is -3.41. The summed E-state index contributed by atoms with van der Waals surface area (Å²) in [4.78, 5) is 4.10. The third-order valence-electron chi connectivity index (χ3n) is 1.43. The fraction of sp³-hybridized carbons (Fsp3) is 0.500. The Kier molecular flexibility index (Phi) is 0.931. The van der Waals surface area contributed by atoms with Gasteiger partial charge in [-0.25, -0.2) is 4.98 Å². The average Bonchev–Trinajstić information content (AvgIpc) is 2.39. The molecule has 0 saturated carbocycles. The van der Waals surface area contributed by atoms with Gasteiger partial charge in [0.15, 0.2) is 0 Å². The van der Waals surface area contributed by atoms with Gasteiger partial charge in [0.05, 0.1) is 11.9 Å². The molecule has 0 N–H and O–H groups in total. The summed E-state index contributed by atoms with van der Waals surface area (Å²) in [7, 11) is 0. The van der Waals surface area contributed by atoms with Crippen molar-refractivity contribution in [1.82, 2.24) is 4.98 Å². The molecule has 0 radical (unpaired) electrons. The second-order valence-corrected chi connectivity index (χ2v) is 3.09. The molecule has 1 saturated heterocycles. The molecule has 0 atom stereocenters. The Bertz CT molecular complexity index is 585. The summed E-state index contributed by atoms with van der Waals surface area (Å²) in [5, 5.41) is 0. The fourth-order valence-corrected chi connectivity index (χ4v) is 1.09. The van der Waals surface area contributed by atoms with Gasteiger partial charge in [-0.15, -0.1) is 0 Å². The highest BCUT2D eigenvalue weighted by atomic mass is 79.9. The smallest absolute Gasteiger partial charge is 0.106 e.